The highest BCUT2D eigenvalue weighted by Crippen LogP contribution is 2.32. The lowest BCUT2D eigenvalue weighted by molar-refractivity contribution is 0.0693. The van der Waals surface area contributed by atoms with Crippen LogP contribution in [0, 0.1) is 0 Å². The van der Waals surface area contributed by atoms with Gasteiger partial charge in [0.25, 0.3) is 15.9 Å². The monoisotopic (exact) mass is 633 g/mol. The van der Waals surface area contributed by atoms with Crippen molar-refractivity contribution >= 4 is 27.3 Å². The van der Waals surface area contributed by atoms with Crippen molar-refractivity contribution in [1.82, 2.24) is 20.4 Å². The van der Waals surface area contributed by atoms with E-state index in [1.807, 2.05) is 30.3 Å². The van der Waals surface area contributed by atoms with Crippen LogP contribution >= 0.6 is 11.6 Å². The minimum atomic E-state index is -3.83. The molecule has 0 bridgehead atoms. The molecule has 2 heterocycles. The second-order valence-electron chi connectivity index (χ2n) is 10.5. The molecule has 2 aromatic heterocycles. The highest BCUT2D eigenvalue weighted by molar-refractivity contribution is 7.92. The van der Waals surface area contributed by atoms with E-state index in [9.17, 15) is 13.5 Å². The van der Waals surface area contributed by atoms with Gasteiger partial charge in [-0.1, -0.05) is 47.1 Å². The molecule has 228 valence electrons. The van der Waals surface area contributed by atoms with Crippen molar-refractivity contribution in [2.75, 3.05) is 17.8 Å². The largest absolute Gasteiger partial charge is 0.476 e. The van der Waals surface area contributed by atoms with Gasteiger partial charge in [-0.25, -0.2) is 8.42 Å². The number of nitrogens with one attached hydrogen (secondary N) is 2. The molecule has 3 N–H and O–H groups in total. The molecule has 44 heavy (non-hydrogen) atoms. The number of aliphatic hydroxyl groups excluding tert-OH is 1. The summed E-state index contributed by atoms with van der Waals surface area (Å²) in [5.41, 5.74) is 1.86. The molecule has 0 saturated heterocycles. The van der Waals surface area contributed by atoms with Crippen molar-refractivity contribution in [1.29, 1.82) is 0 Å². The topological polar surface area (TPSA) is 139 Å². The summed E-state index contributed by atoms with van der Waals surface area (Å²) in [6, 6.07) is 24.1. The zero-order valence-corrected chi connectivity index (χ0v) is 25.7. The van der Waals surface area contributed by atoms with Crippen LogP contribution in [0.3, 0.4) is 0 Å². The van der Waals surface area contributed by atoms with Gasteiger partial charge in [0, 0.05) is 35.8 Å². The van der Waals surface area contributed by atoms with Gasteiger partial charge in [0.05, 0.1) is 16.0 Å². The minimum absolute atomic E-state index is 0.0906. The molecular formula is C32H32ClN5O5S. The number of nitrogens with zero attached hydrogens (tertiary/aromatic N) is 3. The lowest BCUT2D eigenvalue weighted by Crippen LogP contribution is -2.25. The maximum atomic E-state index is 13.0. The Bertz CT molecular complexity index is 1780. The van der Waals surface area contributed by atoms with E-state index in [4.69, 9.17) is 20.9 Å². The van der Waals surface area contributed by atoms with Crippen LogP contribution in [-0.2, 0) is 22.0 Å². The van der Waals surface area contributed by atoms with Gasteiger partial charge < -0.3 is 19.7 Å². The molecule has 0 spiro atoms. The van der Waals surface area contributed by atoms with E-state index >= 15 is 0 Å². The average molecular weight is 634 g/mol. The van der Waals surface area contributed by atoms with Gasteiger partial charge in [-0.3, -0.25) is 9.71 Å². The van der Waals surface area contributed by atoms with Crippen LogP contribution in [0.1, 0.15) is 37.0 Å². The highest BCUT2D eigenvalue weighted by Gasteiger charge is 2.31. The first-order chi connectivity index (χ1) is 21.1. The minimum Gasteiger partial charge on any atom is -0.476 e. The Morgan fingerprint density at radius 2 is 1.75 bits per heavy atom. The van der Waals surface area contributed by atoms with Crippen LogP contribution in [0.4, 0.5) is 5.69 Å². The number of rotatable bonds is 13. The summed E-state index contributed by atoms with van der Waals surface area (Å²) in [5.74, 6) is 1.03. The molecule has 0 radical (unpaired) electrons. The number of benzene rings is 3. The maximum Gasteiger partial charge on any atom is 0.270 e. The first-order valence-corrected chi connectivity index (χ1v) is 15.8. The zero-order chi connectivity index (χ0) is 31.2. The van der Waals surface area contributed by atoms with Crippen molar-refractivity contribution < 1.29 is 22.8 Å². The van der Waals surface area contributed by atoms with Crippen molar-refractivity contribution in [2.45, 2.75) is 36.9 Å². The van der Waals surface area contributed by atoms with Crippen molar-refractivity contribution in [3.8, 4) is 17.1 Å². The standard InChI is InChI=1S/C32H32ClN5O5S/c1-32(2,42-29-8-4-3-7-27(29)33)31-36-30(37-43-31)23-11-15-26(16-12-23)44(40,41)38-25-13-9-22(10-14-25)17-19-35-21-28(39)24-6-5-18-34-20-24/h3-16,18,20,28,35,38-39H,17,19,21H2,1-2H3. The SMILES string of the molecule is CC(C)(Oc1ccccc1Cl)c1nc(-c2ccc(S(=O)(=O)Nc3ccc(CCNCC(O)c4cccnc4)cc3)cc2)no1. The molecule has 3 aromatic carbocycles. The van der Waals surface area contributed by atoms with Crippen LogP contribution in [-0.4, -0.2) is 41.7 Å². The number of aromatic nitrogens is 3. The molecule has 1 atom stereocenters. The maximum absolute atomic E-state index is 13.0. The number of sulfonamides is 1. The Kier molecular flexibility index (Phi) is 9.60. The molecule has 5 aromatic rings. The summed E-state index contributed by atoms with van der Waals surface area (Å²) in [5, 5.41) is 18.0. The quantitative estimate of drug-likeness (QED) is 0.138. The van der Waals surface area contributed by atoms with E-state index in [2.05, 4.69) is 25.2 Å². The summed E-state index contributed by atoms with van der Waals surface area (Å²) in [6.45, 7) is 4.64. The predicted octanol–water partition coefficient (Wildman–Crippen LogP) is 5.77. The molecule has 1 unspecified atom stereocenters. The third-order valence-corrected chi connectivity index (χ3v) is 8.48. The number of halogens is 1. The predicted molar refractivity (Wildman–Crippen MR) is 168 cm³/mol. The first-order valence-electron chi connectivity index (χ1n) is 13.9. The van der Waals surface area contributed by atoms with E-state index in [1.165, 1.54) is 12.1 Å². The first kappa shape index (κ1) is 31.1. The number of aliphatic hydroxyl groups is 1. The summed E-state index contributed by atoms with van der Waals surface area (Å²) in [6.07, 6.45) is 3.39. The molecule has 0 aliphatic rings. The average Bonchev–Trinajstić information content (AvgIpc) is 3.53. The molecule has 0 amide bonds. The fraction of sp³-hybridized carbons (Fsp3) is 0.219. The highest BCUT2D eigenvalue weighted by atomic mass is 35.5. The van der Waals surface area contributed by atoms with Crippen LogP contribution in [0.2, 0.25) is 5.02 Å². The van der Waals surface area contributed by atoms with Gasteiger partial charge in [-0.15, -0.1) is 0 Å². The second kappa shape index (κ2) is 13.6. The third kappa shape index (κ3) is 7.80. The van der Waals surface area contributed by atoms with Gasteiger partial charge >= 0.3 is 0 Å². The third-order valence-electron chi connectivity index (χ3n) is 6.77. The van der Waals surface area contributed by atoms with Gasteiger partial charge in [0.15, 0.2) is 5.60 Å². The lowest BCUT2D eigenvalue weighted by Gasteiger charge is -2.22. The molecule has 0 saturated carbocycles. The molecule has 0 aliphatic carbocycles. The van der Waals surface area contributed by atoms with Gasteiger partial charge in [-0.2, -0.15) is 4.98 Å². The molecular weight excluding hydrogens is 602 g/mol. The summed E-state index contributed by atoms with van der Waals surface area (Å²) < 4.78 is 40.2. The van der Waals surface area contributed by atoms with Crippen molar-refractivity contribution in [3.05, 3.63) is 119 Å². The van der Waals surface area contributed by atoms with E-state index in [0.29, 0.717) is 40.9 Å². The number of anilines is 1. The number of ether oxygens (including phenoxy) is 1. The smallest absolute Gasteiger partial charge is 0.270 e. The Hall–Kier alpha value is -4.29. The lowest BCUT2D eigenvalue weighted by atomic mass is 10.1. The number of para-hydroxylation sites is 1. The van der Waals surface area contributed by atoms with Crippen LogP contribution < -0.4 is 14.8 Å². The summed E-state index contributed by atoms with van der Waals surface area (Å²) in [4.78, 5) is 8.57. The zero-order valence-electron chi connectivity index (χ0n) is 24.1. The Morgan fingerprint density at radius 3 is 2.45 bits per heavy atom. The van der Waals surface area contributed by atoms with Crippen LogP contribution in [0.15, 0.2) is 107 Å². The number of pyridine rings is 1. The molecule has 0 fully saturated rings. The molecule has 0 aliphatic heterocycles. The van der Waals surface area contributed by atoms with Gasteiger partial charge in [0.1, 0.15) is 5.75 Å². The Morgan fingerprint density at radius 1 is 1.00 bits per heavy atom. The summed E-state index contributed by atoms with van der Waals surface area (Å²) in [7, 11) is -3.83. The van der Waals surface area contributed by atoms with E-state index in [1.54, 1.807) is 68.7 Å². The molecule has 5 rings (SSSR count). The van der Waals surface area contributed by atoms with Gasteiger partial charge in [-0.05, 0) is 87.0 Å². The number of hydrogen-bond acceptors (Lipinski definition) is 9. The van der Waals surface area contributed by atoms with E-state index < -0.39 is 21.7 Å². The fourth-order valence-corrected chi connectivity index (χ4v) is 5.56. The van der Waals surface area contributed by atoms with E-state index in [0.717, 1.165) is 17.5 Å². The van der Waals surface area contributed by atoms with Crippen molar-refractivity contribution in [2.24, 2.45) is 0 Å². The van der Waals surface area contributed by atoms with E-state index in [-0.39, 0.29) is 10.8 Å². The Labute approximate surface area is 261 Å². The molecule has 10 nitrogen and oxygen atoms in total. The van der Waals surface area contributed by atoms with Crippen molar-refractivity contribution in [3.63, 3.8) is 0 Å². The summed E-state index contributed by atoms with van der Waals surface area (Å²) >= 11 is 6.22. The Balaban J connectivity index is 1.15. The van der Waals surface area contributed by atoms with Crippen LogP contribution in [0.5, 0.6) is 5.75 Å². The second-order valence-corrected chi connectivity index (χ2v) is 12.6. The van der Waals surface area contributed by atoms with Crippen LogP contribution in [0.25, 0.3) is 11.4 Å². The fourth-order valence-electron chi connectivity index (χ4n) is 4.33. The number of hydrogen-bond donors (Lipinski definition) is 3. The van der Waals surface area contributed by atoms with Gasteiger partial charge in [0.2, 0.25) is 5.82 Å². The molecule has 12 heteroatoms. The normalized spacial score (nSPS) is 12.5.